The van der Waals surface area contributed by atoms with Crippen LogP contribution >= 0.6 is 0 Å². The zero-order chi connectivity index (χ0) is 33.2. The highest BCUT2D eigenvalue weighted by Gasteiger charge is 2.74. The molecule has 4 atom stereocenters. The van der Waals surface area contributed by atoms with Crippen molar-refractivity contribution in [3.63, 3.8) is 0 Å². The Labute approximate surface area is 269 Å². The molecule has 4 aliphatic rings. The summed E-state index contributed by atoms with van der Waals surface area (Å²) in [6.07, 6.45) is 21.3. The zero-order valence-corrected chi connectivity index (χ0v) is 28.2. The van der Waals surface area contributed by atoms with Crippen molar-refractivity contribution in [1.82, 2.24) is 0 Å². The van der Waals surface area contributed by atoms with Crippen molar-refractivity contribution in [2.75, 3.05) is 0 Å². The van der Waals surface area contributed by atoms with E-state index in [-0.39, 0.29) is 35.0 Å². The average Bonchev–Trinajstić information content (AvgIpc) is 3.37. The van der Waals surface area contributed by atoms with E-state index in [1.165, 1.54) is 12.5 Å². The minimum atomic E-state index is -0.498. The van der Waals surface area contributed by atoms with Gasteiger partial charge in [-0.15, -0.1) is 0 Å². The van der Waals surface area contributed by atoms with Crippen molar-refractivity contribution < 1.29 is 28.9 Å². The fraction of sp³-hybridized carbons (Fsp3) is 0.487. The van der Waals surface area contributed by atoms with Gasteiger partial charge in [0.15, 0.2) is 0 Å². The van der Waals surface area contributed by atoms with Gasteiger partial charge in [-0.05, 0) is 76.0 Å². The molecule has 2 aliphatic heterocycles. The predicted molar refractivity (Wildman–Crippen MR) is 177 cm³/mol. The number of esters is 2. The van der Waals surface area contributed by atoms with E-state index < -0.39 is 11.2 Å². The van der Waals surface area contributed by atoms with Crippen LogP contribution in [0, 0.1) is 22.7 Å². The molecule has 6 heteroatoms. The topological polar surface area (TPSA) is 85.4 Å². The summed E-state index contributed by atoms with van der Waals surface area (Å²) >= 11 is 0. The molecule has 2 heterocycles. The molecule has 6 nitrogen and oxygen atoms in total. The average molecular weight is 613 g/mol. The molecule has 1 N–H and O–H groups in total. The number of aliphatic hydroxyl groups is 1. The van der Waals surface area contributed by atoms with Gasteiger partial charge in [0.1, 0.15) is 23.1 Å². The molecule has 4 rings (SSSR count). The molecule has 2 aliphatic carbocycles. The van der Waals surface area contributed by atoms with Crippen molar-refractivity contribution in [1.29, 1.82) is 0 Å². The predicted octanol–water partition coefficient (Wildman–Crippen LogP) is 7.69. The summed E-state index contributed by atoms with van der Waals surface area (Å²) in [6.45, 7) is 18.0. The van der Waals surface area contributed by atoms with Crippen LogP contribution in [0.25, 0.3) is 0 Å². The molecule has 0 bridgehead atoms. The number of aliphatic hydroxyl groups excluding tert-OH is 1. The molecule has 4 unspecified atom stereocenters. The fourth-order valence-electron chi connectivity index (χ4n) is 7.25. The SMILES string of the molecule is CC(=O)OC1CC(C)=C(C#CC(C)=CC=CC=CC=C(C)C=C2C=C(C=CC34OC3(C)CC(O)CC4(C)C)C(=O)O2)C(C)(C)C1. The fourth-order valence-corrected chi connectivity index (χ4v) is 7.25. The van der Waals surface area contributed by atoms with E-state index >= 15 is 0 Å². The molecule has 0 spiro atoms. The van der Waals surface area contributed by atoms with Crippen LogP contribution in [0.15, 0.2) is 94.4 Å². The second kappa shape index (κ2) is 13.0. The molecule has 0 aromatic carbocycles. The Hall–Kier alpha value is -3.66. The number of carbonyl (C=O) groups excluding carboxylic acids is 2. The summed E-state index contributed by atoms with van der Waals surface area (Å²) in [5.41, 5.74) is 3.36. The number of cyclic esters (lactones) is 1. The van der Waals surface area contributed by atoms with Gasteiger partial charge in [-0.3, -0.25) is 4.79 Å². The molecule has 240 valence electrons. The van der Waals surface area contributed by atoms with Gasteiger partial charge in [0.25, 0.3) is 0 Å². The minimum absolute atomic E-state index is 0.0897. The molecule has 1 saturated heterocycles. The van der Waals surface area contributed by atoms with Gasteiger partial charge in [-0.25, -0.2) is 4.79 Å². The Kier molecular flexibility index (Phi) is 9.87. The van der Waals surface area contributed by atoms with Crippen molar-refractivity contribution in [3.05, 3.63) is 94.4 Å². The first-order valence-corrected chi connectivity index (χ1v) is 15.8. The first kappa shape index (κ1) is 34.2. The second-order valence-corrected chi connectivity index (χ2v) is 14.3. The highest BCUT2D eigenvalue weighted by Crippen LogP contribution is 2.66. The Morgan fingerprint density at radius 1 is 1.02 bits per heavy atom. The Morgan fingerprint density at radius 3 is 2.36 bits per heavy atom. The highest BCUT2D eigenvalue weighted by atomic mass is 16.6. The van der Waals surface area contributed by atoms with Gasteiger partial charge < -0.3 is 19.3 Å². The second-order valence-electron chi connectivity index (χ2n) is 14.3. The van der Waals surface area contributed by atoms with Crippen LogP contribution in [0.4, 0.5) is 0 Å². The molecule has 0 amide bonds. The maximum Gasteiger partial charge on any atom is 0.343 e. The maximum absolute atomic E-state index is 12.5. The number of ether oxygens (including phenoxy) is 3. The normalized spacial score (nSPS) is 32.1. The van der Waals surface area contributed by atoms with Crippen LogP contribution < -0.4 is 0 Å². The van der Waals surface area contributed by atoms with Crippen molar-refractivity contribution in [3.8, 4) is 11.8 Å². The monoisotopic (exact) mass is 612 g/mol. The highest BCUT2D eigenvalue weighted by molar-refractivity contribution is 5.95. The van der Waals surface area contributed by atoms with E-state index in [9.17, 15) is 14.7 Å². The van der Waals surface area contributed by atoms with Crippen LogP contribution in [0.1, 0.15) is 88.0 Å². The Balaban J connectivity index is 1.33. The van der Waals surface area contributed by atoms with Crippen molar-refractivity contribution in [2.45, 2.75) is 111 Å². The van der Waals surface area contributed by atoms with E-state index in [4.69, 9.17) is 14.2 Å². The van der Waals surface area contributed by atoms with Gasteiger partial charge in [0.05, 0.1) is 11.7 Å². The zero-order valence-electron chi connectivity index (χ0n) is 28.2. The lowest BCUT2D eigenvalue weighted by molar-refractivity contribution is -0.147. The Bertz CT molecular complexity index is 1540. The quantitative estimate of drug-likeness (QED) is 0.137. The van der Waals surface area contributed by atoms with Gasteiger partial charge in [-0.1, -0.05) is 81.6 Å². The number of carbonyl (C=O) groups is 2. The largest absolute Gasteiger partial charge is 0.462 e. The standard InChI is InChI=1S/C39H48O6/c1-26(16-17-34-28(3)21-33(43-29(4)40)25-36(34,5)6)14-12-10-11-13-15-27(2)20-32-22-30(35(42)44-32)18-19-39-37(7,8)23-31(41)24-38(39,9)45-39/h10-15,18-20,22,31,33,41H,21,23-25H2,1-9H3. The van der Waals surface area contributed by atoms with Gasteiger partial charge in [0, 0.05) is 36.2 Å². The lowest BCUT2D eigenvalue weighted by Crippen LogP contribution is -2.46. The summed E-state index contributed by atoms with van der Waals surface area (Å²) in [5, 5.41) is 10.3. The van der Waals surface area contributed by atoms with Crippen LogP contribution in [-0.2, 0) is 23.8 Å². The molecule has 45 heavy (non-hydrogen) atoms. The first-order chi connectivity index (χ1) is 21.0. The molecular formula is C39H48O6. The molecule has 0 radical (unpaired) electrons. The van der Waals surface area contributed by atoms with Crippen LogP contribution in [-0.4, -0.2) is 40.5 Å². The lowest BCUT2D eigenvalue weighted by atomic mass is 9.63. The summed E-state index contributed by atoms with van der Waals surface area (Å²) in [6, 6.07) is 0. The third-order valence-corrected chi connectivity index (χ3v) is 9.25. The maximum atomic E-state index is 12.5. The molecular weight excluding hydrogens is 564 g/mol. The number of rotatable bonds is 7. The van der Waals surface area contributed by atoms with E-state index in [0.29, 0.717) is 24.2 Å². The molecule has 0 aromatic heterocycles. The minimum Gasteiger partial charge on any atom is -0.462 e. The number of hydrogen-bond donors (Lipinski definition) is 1. The summed E-state index contributed by atoms with van der Waals surface area (Å²) in [5.74, 6) is 6.52. The number of allylic oxidation sites excluding steroid dienone is 11. The van der Waals surface area contributed by atoms with Crippen LogP contribution in [0.5, 0.6) is 0 Å². The van der Waals surface area contributed by atoms with Gasteiger partial charge in [-0.2, -0.15) is 0 Å². The summed E-state index contributed by atoms with van der Waals surface area (Å²) in [4.78, 5) is 23.9. The van der Waals surface area contributed by atoms with Crippen molar-refractivity contribution >= 4 is 11.9 Å². The summed E-state index contributed by atoms with van der Waals surface area (Å²) in [7, 11) is 0. The van der Waals surface area contributed by atoms with E-state index in [0.717, 1.165) is 29.6 Å². The van der Waals surface area contributed by atoms with E-state index in [1.807, 2.05) is 69.4 Å². The smallest absolute Gasteiger partial charge is 0.343 e. The lowest BCUT2D eigenvalue weighted by Gasteiger charge is -2.39. The molecule has 1 saturated carbocycles. The summed E-state index contributed by atoms with van der Waals surface area (Å²) < 4.78 is 17.1. The van der Waals surface area contributed by atoms with Crippen molar-refractivity contribution in [2.24, 2.45) is 10.8 Å². The van der Waals surface area contributed by atoms with Gasteiger partial charge >= 0.3 is 11.9 Å². The number of epoxide rings is 1. The van der Waals surface area contributed by atoms with Crippen LogP contribution in [0.2, 0.25) is 0 Å². The first-order valence-electron chi connectivity index (χ1n) is 15.8. The van der Waals surface area contributed by atoms with E-state index in [2.05, 4.69) is 46.5 Å². The third-order valence-electron chi connectivity index (χ3n) is 9.25. The number of fused-ring (bicyclic) bond motifs is 1. The molecule has 0 aromatic rings. The van der Waals surface area contributed by atoms with Gasteiger partial charge in [0.2, 0.25) is 0 Å². The Morgan fingerprint density at radius 2 is 1.71 bits per heavy atom. The van der Waals surface area contributed by atoms with E-state index in [1.54, 1.807) is 12.2 Å². The third kappa shape index (κ3) is 7.77. The number of hydrogen-bond acceptors (Lipinski definition) is 6. The van der Waals surface area contributed by atoms with Crippen LogP contribution in [0.3, 0.4) is 0 Å². The molecule has 2 fully saturated rings.